The maximum Gasteiger partial charge on any atom is 0.306 e. The topological polar surface area (TPSA) is 35.5 Å². The summed E-state index contributed by atoms with van der Waals surface area (Å²) in [6.45, 7) is 12.0. The van der Waals surface area contributed by atoms with Gasteiger partial charge in [0.05, 0.1) is 12.2 Å². The molecule has 0 aromatic carbocycles. The fraction of sp³-hybridized carbons (Fsp3) is 0.941. The van der Waals surface area contributed by atoms with E-state index >= 15 is 0 Å². The van der Waals surface area contributed by atoms with Crippen LogP contribution in [-0.4, -0.2) is 24.8 Å². The van der Waals surface area contributed by atoms with E-state index in [-0.39, 0.29) is 11.6 Å². The lowest BCUT2D eigenvalue weighted by molar-refractivity contribution is -0.146. The molecule has 2 atom stereocenters. The van der Waals surface area contributed by atoms with Crippen LogP contribution in [0.2, 0.25) is 0 Å². The van der Waals surface area contributed by atoms with Crippen molar-refractivity contribution in [2.75, 3.05) is 13.2 Å². The van der Waals surface area contributed by atoms with Crippen LogP contribution in [0.15, 0.2) is 0 Å². The van der Waals surface area contributed by atoms with E-state index in [0.717, 1.165) is 25.9 Å². The zero-order chi connectivity index (χ0) is 15.2. The van der Waals surface area contributed by atoms with Gasteiger partial charge >= 0.3 is 5.97 Å². The molecule has 20 heavy (non-hydrogen) atoms. The Labute approximate surface area is 124 Å². The van der Waals surface area contributed by atoms with E-state index < -0.39 is 0 Å². The number of esters is 1. The van der Waals surface area contributed by atoms with Gasteiger partial charge in [-0.1, -0.05) is 20.3 Å². The fourth-order valence-corrected chi connectivity index (χ4v) is 3.17. The van der Waals surface area contributed by atoms with Gasteiger partial charge in [0, 0.05) is 13.0 Å². The number of ether oxygens (including phenoxy) is 2. The minimum atomic E-state index is -0.0480. The number of carbonyl (C=O) groups is 1. The second kappa shape index (κ2) is 8.02. The van der Waals surface area contributed by atoms with Crippen LogP contribution >= 0.6 is 0 Å². The SMILES string of the molecule is CCOC(=O)C[C@@H](CCC(C)C)[C@@H]1CCOC(C)(C)C1. The van der Waals surface area contributed by atoms with Gasteiger partial charge in [-0.3, -0.25) is 4.79 Å². The first kappa shape index (κ1) is 17.5. The van der Waals surface area contributed by atoms with Crippen LogP contribution in [0.5, 0.6) is 0 Å². The summed E-state index contributed by atoms with van der Waals surface area (Å²) < 4.78 is 11.0. The van der Waals surface area contributed by atoms with Crippen LogP contribution in [0.25, 0.3) is 0 Å². The van der Waals surface area contributed by atoms with E-state index in [4.69, 9.17) is 9.47 Å². The summed E-state index contributed by atoms with van der Waals surface area (Å²) in [4.78, 5) is 11.8. The molecule has 1 heterocycles. The molecule has 0 saturated carbocycles. The highest BCUT2D eigenvalue weighted by Gasteiger charge is 2.34. The van der Waals surface area contributed by atoms with E-state index in [9.17, 15) is 4.79 Å². The van der Waals surface area contributed by atoms with Crippen molar-refractivity contribution >= 4 is 5.97 Å². The molecule has 0 aliphatic carbocycles. The second-order valence-corrected chi connectivity index (χ2v) is 7.10. The van der Waals surface area contributed by atoms with Crippen molar-refractivity contribution < 1.29 is 14.3 Å². The van der Waals surface area contributed by atoms with Crippen LogP contribution in [0.4, 0.5) is 0 Å². The summed E-state index contributed by atoms with van der Waals surface area (Å²) in [5, 5.41) is 0. The number of hydrogen-bond donors (Lipinski definition) is 0. The van der Waals surface area contributed by atoms with Gasteiger partial charge in [0.25, 0.3) is 0 Å². The van der Waals surface area contributed by atoms with E-state index in [1.807, 2.05) is 6.92 Å². The minimum Gasteiger partial charge on any atom is -0.466 e. The lowest BCUT2D eigenvalue weighted by Crippen LogP contribution is -2.37. The minimum absolute atomic E-state index is 0.0365. The first-order chi connectivity index (χ1) is 9.34. The molecule has 0 radical (unpaired) electrons. The Bertz CT molecular complexity index is 297. The number of rotatable bonds is 7. The summed E-state index contributed by atoms with van der Waals surface area (Å²) in [5.41, 5.74) is -0.0480. The maximum absolute atomic E-state index is 11.8. The molecule has 1 rings (SSSR count). The average molecular weight is 284 g/mol. The largest absolute Gasteiger partial charge is 0.466 e. The van der Waals surface area contributed by atoms with Crippen molar-refractivity contribution in [3.63, 3.8) is 0 Å². The molecule has 0 aromatic rings. The standard InChI is InChI=1S/C17H32O3/c1-6-19-16(18)11-14(8-7-13(2)3)15-9-10-20-17(4,5)12-15/h13-15H,6-12H2,1-5H3/t14-,15-/m1/s1. The molecule has 0 spiro atoms. The van der Waals surface area contributed by atoms with Crippen molar-refractivity contribution in [3.05, 3.63) is 0 Å². The summed E-state index contributed by atoms with van der Waals surface area (Å²) >= 11 is 0. The molecular weight excluding hydrogens is 252 g/mol. The Morgan fingerprint density at radius 3 is 2.60 bits per heavy atom. The molecule has 3 heteroatoms. The Hall–Kier alpha value is -0.570. The summed E-state index contributed by atoms with van der Waals surface area (Å²) in [7, 11) is 0. The molecule has 118 valence electrons. The number of carbonyl (C=O) groups excluding carboxylic acids is 1. The van der Waals surface area contributed by atoms with E-state index in [1.165, 1.54) is 6.42 Å². The smallest absolute Gasteiger partial charge is 0.306 e. The summed E-state index contributed by atoms with van der Waals surface area (Å²) in [5.74, 6) is 1.68. The van der Waals surface area contributed by atoms with Crippen LogP contribution in [0, 0.1) is 17.8 Å². The van der Waals surface area contributed by atoms with Crippen molar-refractivity contribution in [3.8, 4) is 0 Å². The molecule has 1 fully saturated rings. The Morgan fingerprint density at radius 2 is 2.05 bits per heavy atom. The lowest BCUT2D eigenvalue weighted by Gasteiger charge is -2.39. The van der Waals surface area contributed by atoms with Gasteiger partial charge < -0.3 is 9.47 Å². The average Bonchev–Trinajstić information content (AvgIpc) is 2.33. The molecule has 1 aliphatic rings. The van der Waals surface area contributed by atoms with Gasteiger partial charge in [-0.25, -0.2) is 0 Å². The van der Waals surface area contributed by atoms with Gasteiger partial charge in [0.1, 0.15) is 0 Å². The van der Waals surface area contributed by atoms with Crippen LogP contribution in [0.3, 0.4) is 0 Å². The van der Waals surface area contributed by atoms with Gasteiger partial charge in [0.2, 0.25) is 0 Å². The normalized spacial score (nSPS) is 23.6. The van der Waals surface area contributed by atoms with Crippen molar-refractivity contribution in [1.82, 2.24) is 0 Å². The number of hydrogen-bond acceptors (Lipinski definition) is 3. The third-order valence-electron chi connectivity index (χ3n) is 4.25. The van der Waals surface area contributed by atoms with Crippen LogP contribution in [0.1, 0.15) is 66.7 Å². The van der Waals surface area contributed by atoms with Crippen molar-refractivity contribution in [2.45, 2.75) is 72.3 Å². The Kier molecular flexibility index (Phi) is 7.01. The molecule has 1 saturated heterocycles. The lowest BCUT2D eigenvalue weighted by atomic mass is 9.75. The van der Waals surface area contributed by atoms with Gasteiger partial charge in [-0.2, -0.15) is 0 Å². The quantitative estimate of drug-likeness (QED) is 0.657. The fourth-order valence-electron chi connectivity index (χ4n) is 3.17. The van der Waals surface area contributed by atoms with Crippen LogP contribution in [-0.2, 0) is 14.3 Å². The summed E-state index contributed by atoms with van der Waals surface area (Å²) in [6.07, 6.45) is 5.00. The molecule has 0 N–H and O–H groups in total. The molecule has 0 bridgehead atoms. The van der Waals surface area contributed by atoms with Gasteiger partial charge in [-0.15, -0.1) is 0 Å². The zero-order valence-electron chi connectivity index (χ0n) is 13.9. The molecule has 3 nitrogen and oxygen atoms in total. The Morgan fingerprint density at radius 1 is 1.35 bits per heavy atom. The molecular formula is C17H32O3. The first-order valence-electron chi connectivity index (χ1n) is 8.13. The predicted octanol–water partition coefficient (Wildman–Crippen LogP) is 4.20. The monoisotopic (exact) mass is 284 g/mol. The van der Waals surface area contributed by atoms with E-state index in [0.29, 0.717) is 30.8 Å². The van der Waals surface area contributed by atoms with Gasteiger partial charge in [-0.05, 0) is 57.8 Å². The van der Waals surface area contributed by atoms with Gasteiger partial charge in [0.15, 0.2) is 0 Å². The Balaban J connectivity index is 2.62. The third kappa shape index (κ3) is 6.25. The first-order valence-corrected chi connectivity index (χ1v) is 8.13. The third-order valence-corrected chi connectivity index (χ3v) is 4.25. The van der Waals surface area contributed by atoms with Crippen LogP contribution < -0.4 is 0 Å². The second-order valence-electron chi connectivity index (χ2n) is 7.10. The highest BCUT2D eigenvalue weighted by molar-refractivity contribution is 5.69. The highest BCUT2D eigenvalue weighted by atomic mass is 16.5. The van der Waals surface area contributed by atoms with Crippen molar-refractivity contribution in [2.24, 2.45) is 17.8 Å². The highest BCUT2D eigenvalue weighted by Crippen LogP contribution is 2.37. The van der Waals surface area contributed by atoms with Crippen molar-refractivity contribution in [1.29, 1.82) is 0 Å². The predicted molar refractivity (Wildman–Crippen MR) is 81.6 cm³/mol. The molecule has 0 amide bonds. The molecule has 0 unspecified atom stereocenters. The molecule has 0 aromatic heterocycles. The van der Waals surface area contributed by atoms with E-state index in [2.05, 4.69) is 27.7 Å². The summed E-state index contributed by atoms with van der Waals surface area (Å²) in [6, 6.07) is 0. The zero-order valence-corrected chi connectivity index (χ0v) is 13.9. The molecule has 1 aliphatic heterocycles. The van der Waals surface area contributed by atoms with E-state index in [1.54, 1.807) is 0 Å². The maximum atomic E-state index is 11.8.